The first-order valence-electron chi connectivity index (χ1n) is 5.40. The molecule has 1 aromatic carbocycles. The Balaban J connectivity index is 2.68. The lowest BCUT2D eigenvalue weighted by molar-refractivity contribution is -0.118. The van der Waals surface area contributed by atoms with Crippen LogP contribution in [0.25, 0.3) is 0 Å². The van der Waals surface area contributed by atoms with Gasteiger partial charge in [0.1, 0.15) is 5.75 Å². The van der Waals surface area contributed by atoms with E-state index in [0.717, 1.165) is 6.42 Å². The average molecular weight is 222 g/mol. The number of carbonyl (C=O) groups is 1. The highest BCUT2D eigenvalue weighted by atomic mass is 16.3. The molecule has 88 valence electrons. The molecule has 0 fully saturated rings. The lowest BCUT2D eigenvalue weighted by Crippen LogP contribution is -2.40. The van der Waals surface area contributed by atoms with E-state index in [1.165, 1.54) is 6.07 Å². The highest BCUT2D eigenvalue weighted by Gasteiger charge is 2.19. The highest BCUT2D eigenvalue weighted by Crippen LogP contribution is 2.22. The van der Waals surface area contributed by atoms with Crippen LogP contribution in [0.5, 0.6) is 5.75 Å². The van der Waals surface area contributed by atoms with Crippen molar-refractivity contribution in [3.05, 3.63) is 24.3 Å². The summed E-state index contributed by atoms with van der Waals surface area (Å²) in [5, 5.41) is 12.1. The number of nitrogens with two attached hydrogens (primary N) is 1. The van der Waals surface area contributed by atoms with E-state index < -0.39 is 6.04 Å². The zero-order valence-corrected chi connectivity index (χ0v) is 9.60. The first-order valence-corrected chi connectivity index (χ1v) is 5.40. The highest BCUT2D eigenvalue weighted by molar-refractivity contribution is 5.96. The van der Waals surface area contributed by atoms with Crippen molar-refractivity contribution in [3.8, 4) is 5.75 Å². The lowest BCUT2D eigenvalue weighted by Gasteiger charge is -2.17. The average Bonchev–Trinajstić information content (AvgIpc) is 2.30. The van der Waals surface area contributed by atoms with Gasteiger partial charge in [0.15, 0.2) is 0 Å². The maximum absolute atomic E-state index is 11.7. The largest absolute Gasteiger partial charge is 0.506 e. The van der Waals surface area contributed by atoms with Crippen molar-refractivity contribution in [1.82, 2.24) is 0 Å². The molecule has 0 saturated heterocycles. The number of para-hydroxylation sites is 2. The fourth-order valence-electron chi connectivity index (χ4n) is 1.31. The standard InChI is InChI=1S/C12H18N2O2/c1-3-8(2)11(13)12(16)14-9-6-4-5-7-10(9)15/h4-8,11,15H,3,13H2,1-2H3,(H,14,16)/t8?,11-/m0/s1. The van der Waals surface area contributed by atoms with Gasteiger partial charge in [-0.2, -0.15) is 0 Å². The van der Waals surface area contributed by atoms with Gasteiger partial charge < -0.3 is 16.2 Å². The molecule has 0 aliphatic carbocycles. The summed E-state index contributed by atoms with van der Waals surface area (Å²) in [6.07, 6.45) is 0.843. The number of anilines is 1. The van der Waals surface area contributed by atoms with Crippen molar-refractivity contribution in [2.24, 2.45) is 11.7 Å². The lowest BCUT2D eigenvalue weighted by atomic mass is 9.99. The molecule has 0 aliphatic rings. The van der Waals surface area contributed by atoms with Gasteiger partial charge in [-0.15, -0.1) is 0 Å². The van der Waals surface area contributed by atoms with Crippen LogP contribution in [0.4, 0.5) is 5.69 Å². The van der Waals surface area contributed by atoms with Gasteiger partial charge in [0.25, 0.3) is 0 Å². The van der Waals surface area contributed by atoms with Gasteiger partial charge in [0, 0.05) is 0 Å². The van der Waals surface area contributed by atoms with Crippen molar-refractivity contribution in [3.63, 3.8) is 0 Å². The van der Waals surface area contributed by atoms with Crippen LogP contribution in [0.2, 0.25) is 0 Å². The van der Waals surface area contributed by atoms with Gasteiger partial charge in [0.2, 0.25) is 5.91 Å². The predicted molar refractivity (Wildman–Crippen MR) is 64.2 cm³/mol. The second-order valence-electron chi connectivity index (χ2n) is 3.92. The Kier molecular flexibility index (Phi) is 4.31. The van der Waals surface area contributed by atoms with E-state index in [-0.39, 0.29) is 17.6 Å². The molecular formula is C12H18N2O2. The Morgan fingerprint density at radius 3 is 2.69 bits per heavy atom. The summed E-state index contributed by atoms with van der Waals surface area (Å²) < 4.78 is 0. The SMILES string of the molecule is CCC(C)[C@H](N)C(=O)Nc1ccccc1O. The number of carbonyl (C=O) groups excluding carboxylic acids is 1. The van der Waals surface area contributed by atoms with Crippen LogP contribution in [-0.4, -0.2) is 17.1 Å². The zero-order chi connectivity index (χ0) is 12.1. The van der Waals surface area contributed by atoms with Crippen LogP contribution in [0.1, 0.15) is 20.3 Å². The monoisotopic (exact) mass is 222 g/mol. The van der Waals surface area contributed by atoms with Crippen molar-refractivity contribution in [1.29, 1.82) is 0 Å². The van der Waals surface area contributed by atoms with Crippen LogP contribution in [0.3, 0.4) is 0 Å². The van der Waals surface area contributed by atoms with E-state index in [0.29, 0.717) is 5.69 Å². The van der Waals surface area contributed by atoms with Crippen LogP contribution >= 0.6 is 0 Å². The van der Waals surface area contributed by atoms with E-state index >= 15 is 0 Å². The summed E-state index contributed by atoms with van der Waals surface area (Å²) in [6, 6.07) is 6.04. The minimum absolute atomic E-state index is 0.0483. The number of hydrogen-bond acceptors (Lipinski definition) is 3. The molecule has 0 heterocycles. The summed E-state index contributed by atoms with van der Waals surface area (Å²) in [7, 11) is 0. The Morgan fingerprint density at radius 1 is 1.50 bits per heavy atom. The molecular weight excluding hydrogens is 204 g/mol. The summed E-state index contributed by atoms with van der Waals surface area (Å²) in [4.78, 5) is 11.7. The van der Waals surface area contributed by atoms with Gasteiger partial charge >= 0.3 is 0 Å². The van der Waals surface area contributed by atoms with Gasteiger partial charge in [-0.3, -0.25) is 4.79 Å². The molecule has 0 spiro atoms. The summed E-state index contributed by atoms with van der Waals surface area (Å²) in [5.74, 6) is -0.103. The van der Waals surface area contributed by atoms with Crippen LogP contribution in [-0.2, 0) is 4.79 Å². The van der Waals surface area contributed by atoms with Crippen molar-refractivity contribution in [2.75, 3.05) is 5.32 Å². The predicted octanol–water partition coefficient (Wildman–Crippen LogP) is 1.70. The fourth-order valence-corrected chi connectivity index (χ4v) is 1.31. The van der Waals surface area contributed by atoms with E-state index in [1.807, 2.05) is 13.8 Å². The van der Waals surface area contributed by atoms with Gasteiger partial charge in [-0.1, -0.05) is 32.4 Å². The van der Waals surface area contributed by atoms with Gasteiger partial charge in [0.05, 0.1) is 11.7 Å². The number of amides is 1. The molecule has 0 radical (unpaired) electrons. The van der Waals surface area contributed by atoms with Gasteiger partial charge in [-0.25, -0.2) is 0 Å². The number of phenolic OH excluding ortho intramolecular Hbond substituents is 1. The maximum Gasteiger partial charge on any atom is 0.241 e. The van der Waals surface area contributed by atoms with E-state index in [1.54, 1.807) is 18.2 Å². The molecule has 16 heavy (non-hydrogen) atoms. The molecule has 2 atom stereocenters. The number of aromatic hydroxyl groups is 1. The smallest absolute Gasteiger partial charge is 0.241 e. The van der Waals surface area contributed by atoms with E-state index in [9.17, 15) is 9.90 Å². The maximum atomic E-state index is 11.7. The molecule has 0 saturated carbocycles. The first kappa shape index (κ1) is 12.5. The van der Waals surface area contributed by atoms with Crippen molar-refractivity contribution in [2.45, 2.75) is 26.3 Å². The van der Waals surface area contributed by atoms with E-state index in [2.05, 4.69) is 5.32 Å². The minimum Gasteiger partial charge on any atom is -0.506 e. The molecule has 0 aromatic heterocycles. The third-order valence-corrected chi connectivity index (χ3v) is 2.72. The Bertz CT molecular complexity index is 366. The third kappa shape index (κ3) is 2.97. The fraction of sp³-hybridized carbons (Fsp3) is 0.417. The molecule has 0 aliphatic heterocycles. The number of hydrogen-bond donors (Lipinski definition) is 3. The summed E-state index contributed by atoms with van der Waals surface area (Å²) in [6.45, 7) is 3.91. The normalized spacial score (nSPS) is 14.2. The van der Waals surface area contributed by atoms with Crippen molar-refractivity contribution >= 4 is 11.6 Å². The number of benzene rings is 1. The van der Waals surface area contributed by atoms with Crippen LogP contribution < -0.4 is 11.1 Å². The number of rotatable bonds is 4. The van der Waals surface area contributed by atoms with Gasteiger partial charge in [-0.05, 0) is 18.1 Å². The molecule has 4 heteroatoms. The number of phenols is 1. The minimum atomic E-state index is -0.551. The Morgan fingerprint density at radius 2 is 2.12 bits per heavy atom. The second kappa shape index (κ2) is 5.51. The second-order valence-corrected chi connectivity index (χ2v) is 3.92. The molecule has 1 aromatic rings. The Labute approximate surface area is 95.5 Å². The quantitative estimate of drug-likeness (QED) is 0.679. The van der Waals surface area contributed by atoms with Crippen LogP contribution in [0.15, 0.2) is 24.3 Å². The third-order valence-electron chi connectivity index (χ3n) is 2.72. The molecule has 4 N–H and O–H groups in total. The van der Waals surface area contributed by atoms with Crippen molar-refractivity contribution < 1.29 is 9.90 Å². The van der Waals surface area contributed by atoms with Crippen LogP contribution in [0, 0.1) is 5.92 Å². The molecule has 1 amide bonds. The molecule has 1 unspecified atom stereocenters. The topological polar surface area (TPSA) is 75.4 Å². The summed E-state index contributed by atoms with van der Waals surface area (Å²) >= 11 is 0. The van der Waals surface area contributed by atoms with E-state index in [4.69, 9.17) is 5.73 Å². The zero-order valence-electron chi connectivity index (χ0n) is 9.60. The number of nitrogens with one attached hydrogen (secondary N) is 1. The first-order chi connectivity index (χ1) is 7.56. The molecule has 1 rings (SSSR count). The Hall–Kier alpha value is -1.55. The summed E-state index contributed by atoms with van der Waals surface area (Å²) in [5.41, 5.74) is 6.17. The molecule has 0 bridgehead atoms. The molecule has 4 nitrogen and oxygen atoms in total.